The van der Waals surface area contributed by atoms with Crippen molar-refractivity contribution in [3.05, 3.63) is 24.3 Å². The lowest BCUT2D eigenvalue weighted by Gasteiger charge is -2.09. The fourth-order valence-corrected chi connectivity index (χ4v) is 1.13. The van der Waals surface area contributed by atoms with Crippen LogP contribution in [0.2, 0.25) is 0 Å². The maximum atomic E-state index is 11.3. The topological polar surface area (TPSA) is 93.4 Å². The molecule has 1 rings (SSSR count). The van der Waals surface area contributed by atoms with E-state index in [0.717, 1.165) is 5.69 Å². The predicted octanol–water partition coefficient (Wildman–Crippen LogP) is 0.762. The molecular formula is C10H13N3O3. The van der Waals surface area contributed by atoms with Crippen molar-refractivity contribution in [1.82, 2.24) is 0 Å². The fourth-order valence-electron chi connectivity index (χ4n) is 1.13. The molecule has 0 atom stereocenters. The van der Waals surface area contributed by atoms with E-state index in [9.17, 15) is 9.59 Å². The number of ether oxygens (including phenoxy) is 1. The lowest BCUT2D eigenvalue weighted by molar-refractivity contribution is -0.118. The molecular weight excluding hydrogens is 210 g/mol. The highest BCUT2D eigenvalue weighted by molar-refractivity contribution is 5.95. The number of anilines is 2. The molecule has 86 valence electrons. The molecule has 0 unspecified atom stereocenters. The zero-order valence-electron chi connectivity index (χ0n) is 8.82. The average molecular weight is 223 g/mol. The Hall–Kier alpha value is -2.24. The summed E-state index contributed by atoms with van der Waals surface area (Å²) in [5, 5.41) is 5.50. The van der Waals surface area contributed by atoms with Gasteiger partial charge in [0, 0.05) is 7.05 Å². The van der Waals surface area contributed by atoms with Crippen molar-refractivity contribution in [3.63, 3.8) is 0 Å². The number of hydrogen-bond acceptors (Lipinski definition) is 4. The third-order valence-electron chi connectivity index (χ3n) is 1.82. The summed E-state index contributed by atoms with van der Waals surface area (Å²) in [6.45, 7) is -0.395. The smallest absolute Gasteiger partial charge is 0.405 e. The molecule has 0 aliphatic rings. The van der Waals surface area contributed by atoms with Crippen molar-refractivity contribution in [2.45, 2.75) is 0 Å². The van der Waals surface area contributed by atoms with Gasteiger partial charge in [-0.3, -0.25) is 4.79 Å². The molecule has 2 amide bonds. The van der Waals surface area contributed by atoms with Crippen LogP contribution in [0.5, 0.6) is 0 Å². The third kappa shape index (κ3) is 3.49. The second kappa shape index (κ2) is 5.59. The zero-order valence-corrected chi connectivity index (χ0v) is 8.82. The summed E-state index contributed by atoms with van der Waals surface area (Å²) >= 11 is 0. The van der Waals surface area contributed by atoms with Crippen LogP contribution in [0.4, 0.5) is 16.2 Å². The number of amides is 2. The number of hydrogen-bond donors (Lipinski definition) is 3. The van der Waals surface area contributed by atoms with E-state index in [2.05, 4.69) is 15.4 Å². The Morgan fingerprint density at radius 2 is 1.94 bits per heavy atom. The number of primary amides is 1. The molecule has 0 aromatic heterocycles. The summed E-state index contributed by atoms with van der Waals surface area (Å²) in [5.74, 6) is -0.443. The number of rotatable bonds is 4. The number of benzene rings is 1. The van der Waals surface area contributed by atoms with Crippen LogP contribution in [0.3, 0.4) is 0 Å². The standard InChI is InChI=1S/C10H13N3O3/c1-12-7-4-2-3-5-8(7)13-9(14)6-16-10(11)15/h2-5,12H,6H2,1H3,(H2,11,15)(H,13,14). The van der Waals surface area contributed by atoms with Gasteiger partial charge in [-0.25, -0.2) is 4.79 Å². The Balaban J connectivity index is 2.58. The van der Waals surface area contributed by atoms with Gasteiger partial charge < -0.3 is 21.1 Å². The first-order valence-corrected chi connectivity index (χ1v) is 4.62. The Labute approximate surface area is 92.8 Å². The first kappa shape index (κ1) is 11.8. The van der Waals surface area contributed by atoms with E-state index >= 15 is 0 Å². The largest absolute Gasteiger partial charge is 0.440 e. The first-order valence-electron chi connectivity index (χ1n) is 4.62. The third-order valence-corrected chi connectivity index (χ3v) is 1.82. The Kier molecular flexibility index (Phi) is 4.14. The first-order chi connectivity index (χ1) is 7.63. The zero-order chi connectivity index (χ0) is 12.0. The van der Waals surface area contributed by atoms with Crippen molar-refractivity contribution < 1.29 is 14.3 Å². The minimum atomic E-state index is -0.975. The van der Waals surface area contributed by atoms with Gasteiger partial charge in [0.15, 0.2) is 6.61 Å². The molecule has 0 spiro atoms. The Bertz CT molecular complexity index is 393. The molecule has 0 bridgehead atoms. The number of carbonyl (C=O) groups is 2. The second-order valence-electron chi connectivity index (χ2n) is 2.95. The van der Waals surface area contributed by atoms with Crippen molar-refractivity contribution in [2.75, 3.05) is 24.3 Å². The van der Waals surface area contributed by atoms with E-state index in [-0.39, 0.29) is 0 Å². The fraction of sp³-hybridized carbons (Fsp3) is 0.200. The maximum Gasteiger partial charge on any atom is 0.405 e. The molecule has 0 saturated carbocycles. The lowest BCUT2D eigenvalue weighted by Crippen LogP contribution is -2.23. The minimum absolute atomic E-state index is 0.395. The van der Waals surface area contributed by atoms with Crippen LogP contribution in [-0.4, -0.2) is 25.7 Å². The van der Waals surface area contributed by atoms with Crippen LogP contribution >= 0.6 is 0 Å². The number of nitrogens with one attached hydrogen (secondary N) is 2. The SMILES string of the molecule is CNc1ccccc1NC(=O)COC(N)=O. The van der Waals surface area contributed by atoms with E-state index in [0.29, 0.717) is 5.69 Å². The van der Waals surface area contributed by atoms with Gasteiger partial charge in [-0.2, -0.15) is 0 Å². The van der Waals surface area contributed by atoms with E-state index in [1.54, 1.807) is 19.2 Å². The molecule has 1 aromatic carbocycles. The van der Waals surface area contributed by atoms with Gasteiger partial charge in [0.2, 0.25) is 0 Å². The summed E-state index contributed by atoms with van der Waals surface area (Å²) in [6, 6.07) is 7.16. The van der Waals surface area contributed by atoms with Crippen molar-refractivity contribution in [1.29, 1.82) is 0 Å². The average Bonchev–Trinajstić information content (AvgIpc) is 2.27. The van der Waals surface area contributed by atoms with Crippen LogP contribution in [0.25, 0.3) is 0 Å². The van der Waals surface area contributed by atoms with Gasteiger partial charge >= 0.3 is 6.09 Å². The highest BCUT2D eigenvalue weighted by Crippen LogP contribution is 2.19. The van der Waals surface area contributed by atoms with Crippen molar-refractivity contribution in [3.8, 4) is 0 Å². The second-order valence-corrected chi connectivity index (χ2v) is 2.95. The highest BCUT2D eigenvalue weighted by Gasteiger charge is 2.06. The van der Waals surface area contributed by atoms with E-state index in [1.807, 2.05) is 12.1 Å². The van der Waals surface area contributed by atoms with E-state index in [1.165, 1.54) is 0 Å². The molecule has 6 heteroatoms. The highest BCUT2D eigenvalue weighted by atomic mass is 16.5. The van der Waals surface area contributed by atoms with Gasteiger partial charge in [-0.1, -0.05) is 12.1 Å². The molecule has 4 N–H and O–H groups in total. The van der Waals surface area contributed by atoms with Crippen LogP contribution in [-0.2, 0) is 9.53 Å². The lowest BCUT2D eigenvalue weighted by atomic mass is 10.2. The van der Waals surface area contributed by atoms with Crippen molar-refractivity contribution >= 4 is 23.4 Å². The summed E-state index contributed by atoms with van der Waals surface area (Å²) in [6.07, 6.45) is -0.975. The summed E-state index contributed by atoms with van der Waals surface area (Å²) in [7, 11) is 1.74. The van der Waals surface area contributed by atoms with Gasteiger partial charge in [-0.05, 0) is 12.1 Å². The Morgan fingerprint density at radius 1 is 1.31 bits per heavy atom. The number of para-hydroxylation sites is 2. The van der Waals surface area contributed by atoms with Gasteiger partial charge in [0.05, 0.1) is 11.4 Å². The molecule has 0 aliphatic heterocycles. The van der Waals surface area contributed by atoms with Crippen LogP contribution in [0, 0.1) is 0 Å². The molecule has 1 aromatic rings. The predicted molar refractivity (Wildman–Crippen MR) is 60.2 cm³/mol. The normalized spacial score (nSPS) is 9.31. The molecule has 0 radical (unpaired) electrons. The quantitative estimate of drug-likeness (QED) is 0.702. The molecule has 0 aliphatic carbocycles. The molecule has 0 fully saturated rings. The molecule has 0 saturated heterocycles. The molecule has 6 nitrogen and oxygen atoms in total. The number of carbonyl (C=O) groups excluding carboxylic acids is 2. The maximum absolute atomic E-state index is 11.3. The summed E-state index contributed by atoms with van der Waals surface area (Å²) in [5.41, 5.74) is 6.12. The minimum Gasteiger partial charge on any atom is -0.440 e. The van der Waals surface area contributed by atoms with Crippen LogP contribution in [0.1, 0.15) is 0 Å². The van der Waals surface area contributed by atoms with E-state index in [4.69, 9.17) is 5.73 Å². The van der Waals surface area contributed by atoms with Crippen LogP contribution in [0.15, 0.2) is 24.3 Å². The van der Waals surface area contributed by atoms with Gasteiger partial charge in [-0.15, -0.1) is 0 Å². The van der Waals surface area contributed by atoms with Gasteiger partial charge in [0.1, 0.15) is 0 Å². The van der Waals surface area contributed by atoms with Gasteiger partial charge in [0.25, 0.3) is 5.91 Å². The summed E-state index contributed by atoms with van der Waals surface area (Å²) in [4.78, 5) is 21.6. The monoisotopic (exact) mass is 223 g/mol. The Morgan fingerprint density at radius 3 is 2.50 bits per heavy atom. The number of nitrogens with two attached hydrogens (primary N) is 1. The molecule has 0 heterocycles. The van der Waals surface area contributed by atoms with Crippen molar-refractivity contribution in [2.24, 2.45) is 5.73 Å². The van der Waals surface area contributed by atoms with E-state index < -0.39 is 18.6 Å². The van der Waals surface area contributed by atoms with Crippen LogP contribution < -0.4 is 16.4 Å². The summed E-state index contributed by atoms with van der Waals surface area (Å²) < 4.78 is 4.36. The molecule has 16 heavy (non-hydrogen) atoms.